The van der Waals surface area contributed by atoms with Crippen molar-refractivity contribution in [3.8, 4) is 0 Å². The maximum absolute atomic E-state index is 13.9. The lowest BCUT2D eigenvalue weighted by Crippen LogP contribution is -2.32. The van der Waals surface area contributed by atoms with Crippen LogP contribution in [0.15, 0.2) is 115 Å². The van der Waals surface area contributed by atoms with Crippen LogP contribution in [0.2, 0.25) is 5.02 Å². The third-order valence-electron chi connectivity index (χ3n) is 5.79. The van der Waals surface area contributed by atoms with Crippen molar-refractivity contribution >= 4 is 40.4 Å². The van der Waals surface area contributed by atoms with E-state index in [1.807, 2.05) is 91.9 Å². The Balaban J connectivity index is 1.80. The monoisotopic (exact) mass is 463 g/mol. The van der Waals surface area contributed by atoms with Gasteiger partial charge in [0, 0.05) is 10.6 Å². The minimum absolute atomic E-state index is 0.107. The Bertz CT molecular complexity index is 1340. The van der Waals surface area contributed by atoms with Crippen molar-refractivity contribution < 1.29 is 4.79 Å². The predicted octanol–water partition coefficient (Wildman–Crippen LogP) is 7.53. The zero-order valence-corrected chi connectivity index (χ0v) is 19.3. The highest BCUT2D eigenvalue weighted by atomic mass is 35.5. The Hall–Kier alpha value is -4.15. The number of benzene rings is 4. The standard InChI is InChI=1S/C29H22ClN3O/c1-20-12-16-24(17-13-20)32-27(28(31)33(29(32)34)25-18-14-23(30)15-19-25)26(21-8-4-2-5-9-21)22-10-6-3-7-11-22/h2-19,31H,1H3. The first-order chi connectivity index (χ1) is 16.5. The molecule has 1 aliphatic rings. The van der Waals surface area contributed by atoms with E-state index in [2.05, 4.69) is 0 Å². The van der Waals surface area contributed by atoms with Crippen LogP contribution < -0.4 is 9.80 Å². The van der Waals surface area contributed by atoms with Crippen LogP contribution in [0.25, 0.3) is 5.57 Å². The van der Waals surface area contributed by atoms with Gasteiger partial charge in [-0.1, -0.05) is 90.0 Å². The summed E-state index contributed by atoms with van der Waals surface area (Å²) in [5, 5.41) is 9.78. The van der Waals surface area contributed by atoms with Crippen molar-refractivity contribution in [2.75, 3.05) is 9.80 Å². The molecule has 0 atom stereocenters. The average molecular weight is 464 g/mol. The van der Waals surface area contributed by atoms with Gasteiger partial charge in [0.15, 0.2) is 5.84 Å². The number of nitrogens with one attached hydrogen (secondary N) is 1. The third-order valence-corrected chi connectivity index (χ3v) is 6.04. The molecule has 4 aromatic carbocycles. The van der Waals surface area contributed by atoms with Crippen LogP contribution in [-0.4, -0.2) is 11.9 Å². The zero-order chi connectivity index (χ0) is 23.7. The van der Waals surface area contributed by atoms with E-state index in [1.54, 1.807) is 29.2 Å². The smallest absolute Gasteiger partial charge is 0.282 e. The van der Waals surface area contributed by atoms with Crippen LogP contribution >= 0.6 is 11.6 Å². The molecular weight excluding hydrogens is 442 g/mol. The molecule has 0 saturated carbocycles. The van der Waals surface area contributed by atoms with Crippen LogP contribution in [-0.2, 0) is 0 Å². The number of anilines is 2. The normalized spacial score (nSPS) is 13.5. The Morgan fingerprint density at radius 1 is 0.676 bits per heavy atom. The number of amides is 2. The maximum Gasteiger partial charge on any atom is 0.339 e. The molecule has 0 bridgehead atoms. The van der Waals surface area contributed by atoms with Gasteiger partial charge in [-0.05, 0) is 54.4 Å². The molecule has 5 heteroatoms. The van der Waals surface area contributed by atoms with Crippen molar-refractivity contribution in [2.24, 2.45) is 0 Å². The third kappa shape index (κ3) is 3.89. The Morgan fingerprint density at radius 3 is 1.68 bits per heavy atom. The summed E-state index contributed by atoms with van der Waals surface area (Å²) in [6.45, 7) is 2.01. The molecule has 0 spiro atoms. The highest BCUT2D eigenvalue weighted by molar-refractivity contribution is 6.37. The fraction of sp³-hybridized carbons (Fsp3) is 0.0345. The second-order valence-electron chi connectivity index (χ2n) is 8.07. The summed E-state index contributed by atoms with van der Waals surface area (Å²) in [6.07, 6.45) is 0. The zero-order valence-electron chi connectivity index (χ0n) is 18.6. The number of carbonyl (C=O) groups is 1. The lowest BCUT2D eigenvalue weighted by atomic mass is 9.95. The van der Waals surface area contributed by atoms with Crippen molar-refractivity contribution in [1.82, 2.24) is 0 Å². The highest BCUT2D eigenvalue weighted by Crippen LogP contribution is 2.39. The van der Waals surface area contributed by atoms with Gasteiger partial charge in [-0.2, -0.15) is 0 Å². The Kier molecular flexibility index (Phi) is 5.74. The summed E-state index contributed by atoms with van der Waals surface area (Å²) < 4.78 is 0. The van der Waals surface area contributed by atoms with E-state index < -0.39 is 0 Å². The van der Waals surface area contributed by atoms with Crippen molar-refractivity contribution in [3.63, 3.8) is 0 Å². The van der Waals surface area contributed by atoms with E-state index in [9.17, 15) is 10.2 Å². The number of halogens is 1. The molecule has 1 N–H and O–H groups in total. The fourth-order valence-electron chi connectivity index (χ4n) is 4.15. The Morgan fingerprint density at radius 2 is 1.15 bits per heavy atom. The van der Waals surface area contributed by atoms with Crippen LogP contribution in [0.1, 0.15) is 16.7 Å². The number of rotatable bonds is 4. The molecule has 4 aromatic rings. The molecule has 0 unspecified atom stereocenters. The Labute approximate surface area is 203 Å². The van der Waals surface area contributed by atoms with Gasteiger partial charge in [0.2, 0.25) is 0 Å². The van der Waals surface area contributed by atoms with E-state index >= 15 is 0 Å². The molecule has 34 heavy (non-hydrogen) atoms. The molecule has 5 rings (SSSR count). The number of hydrogen-bond acceptors (Lipinski definition) is 2. The van der Waals surface area contributed by atoms with Gasteiger partial charge in [-0.25, -0.2) is 9.69 Å². The topological polar surface area (TPSA) is 47.4 Å². The molecule has 1 aliphatic heterocycles. The first-order valence-corrected chi connectivity index (χ1v) is 11.3. The second kappa shape index (κ2) is 9.00. The average Bonchev–Trinajstić information content (AvgIpc) is 3.12. The number of urea groups is 1. The van der Waals surface area contributed by atoms with Gasteiger partial charge in [0.05, 0.1) is 11.4 Å². The van der Waals surface area contributed by atoms with Crippen molar-refractivity contribution in [2.45, 2.75) is 6.92 Å². The molecule has 0 radical (unpaired) electrons. The fourth-order valence-corrected chi connectivity index (χ4v) is 4.27. The van der Waals surface area contributed by atoms with Crippen LogP contribution in [0, 0.1) is 12.3 Å². The van der Waals surface area contributed by atoms with Crippen molar-refractivity contribution in [1.29, 1.82) is 5.41 Å². The number of carbonyl (C=O) groups excluding carboxylic acids is 1. The van der Waals surface area contributed by atoms with E-state index in [4.69, 9.17) is 11.6 Å². The number of amidine groups is 1. The number of nitrogens with zero attached hydrogens (tertiary/aromatic N) is 2. The van der Waals surface area contributed by atoms with E-state index in [0.717, 1.165) is 22.3 Å². The summed E-state index contributed by atoms with van der Waals surface area (Å²) in [6, 6.07) is 34.2. The number of hydrogen-bond donors (Lipinski definition) is 1. The summed E-state index contributed by atoms with van der Waals surface area (Å²) >= 11 is 6.09. The van der Waals surface area contributed by atoms with Crippen LogP contribution in [0.4, 0.5) is 16.2 Å². The van der Waals surface area contributed by atoms with Gasteiger partial charge in [0.1, 0.15) is 5.70 Å². The molecule has 2 amide bonds. The SMILES string of the molecule is Cc1ccc(N2C(=O)N(c3ccc(Cl)cc3)C(=N)C2=C(c2ccccc2)c2ccccc2)cc1. The van der Waals surface area contributed by atoms with Crippen molar-refractivity contribution in [3.05, 3.63) is 137 Å². The van der Waals surface area contributed by atoms with Gasteiger partial charge in [-0.3, -0.25) is 10.3 Å². The first kappa shape index (κ1) is 21.7. The highest BCUT2D eigenvalue weighted by Gasteiger charge is 2.42. The molecular formula is C29H22ClN3O. The lowest BCUT2D eigenvalue weighted by Gasteiger charge is -2.21. The van der Waals surface area contributed by atoms with E-state index in [1.165, 1.54) is 4.90 Å². The van der Waals surface area contributed by atoms with Gasteiger partial charge in [-0.15, -0.1) is 0 Å². The molecule has 0 aliphatic carbocycles. The van der Waals surface area contributed by atoms with Crippen LogP contribution in [0.3, 0.4) is 0 Å². The maximum atomic E-state index is 13.9. The van der Waals surface area contributed by atoms with Gasteiger partial charge in [0.25, 0.3) is 0 Å². The first-order valence-electron chi connectivity index (χ1n) is 10.9. The molecule has 0 aromatic heterocycles. The van der Waals surface area contributed by atoms with E-state index in [0.29, 0.717) is 22.1 Å². The van der Waals surface area contributed by atoms with Gasteiger partial charge < -0.3 is 0 Å². The summed E-state index contributed by atoms with van der Waals surface area (Å²) in [7, 11) is 0. The van der Waals surface area contributed by atoms with Crippen LogP contribution in [0.5, 0.6) is 0 Å². The molecule has 1 fully saturated rings. The van der Waals surface area contributed by atoms with E-state index in [-0.39, 0.29) is 11.9 Å². The summed E-state index contributed by atoms with van der Waals surface area (Å²) in [5.41, 5.74) is 5.59. The molecule has 1 heterocycles. The minimum Gasteiger partial charge on any atom is -0.282 e. The largest absolute Gasteiger partial charge is 0.339 e. The summed E-state index contributed by atoms with van der Waals surface area (Å²) in [4.78, 5) is 17.0. The molecule has 166 valence electrons. The quantitative estimate of drug-likeness (QED) is 0.334. The molecule has 4 nitrogen and oxygen atoms in total. The predicted molar refractivity (Wildman–Crippen MR) is 140 cm³/mol. The lowest BCUT2D eigenvalue weighted by molar-refractivity contribution is 0.257. The minimum atomic E-state index is -0.310. The number of aryl methyl sites for hydroxylation is 1. The summed E-state index contributed by atoms with van der Waals surface area (Å²) in [5.74, 6) is 0.107. The second-order valence-corrected chi connectivity index (χ2v) is 8.51. The molecule has 1 saturated heterocycles. The van der Waals surface area contributed by atoms with Gasteiger partial charge >= 0.3 is 6.03 Å².